The number of hydrogen-bond acceptors (Lipinski definition) is 12. The molecule has 0 amide bonds. The van der Waals surface area contributed by atoms with Gasteiger partial charge in [0.25, 0.3) is 0 Å². The molecule has 0 saturated carbocycles. The summed E-state index contributed by atoms with van der Waals surface area (Å²) < 4.78 is 32.5. The number of esters is 1. The van der Waals surface area contributed by atoms with Crippen molar-refractivity contribution in [2.24, 2.45) is 0 Å². The minimum Gasteiger partial charge on any atom is -0.789 e. The monoisotopic (exact) mass is 402 g/mol. The van der Waals surface area contributed by atoms with Crippen LogP contribution in [0.2, 0.25) is 0 Å². The molecule has 0 saturated heterocycles. The molecule has 3 atom stereocenters. The van der Waals surface area contributed by atoms with Gasteiger partial charge < -0.3 is 43.8 Å². The molecule has 116 valence electrons. The Morgan fingerprint density at radius 1 is 1.22 bits per heavy atom. The number of rotatable bonds is 6. The molecule has 17 heteroatoms. The maximum absolute atomic E-state index is 11.1. The Morgan fingerprint density at radius 2 is 1.70 bits per heavy atom. The fourth-order valence-corrected chi connectivity index (χ4v) is 2.71. The van der Waals surface area contributed by atoms with E-state index in [0.717, 1.165) is 0 Å². The molecule has 0 fully saturated rings. The second-order valence-corrected chi connectivity index (χ2v) is 5.98. The van der Waals surface area contributed by atoms with Gasteiger partial charge in [0.2, 0.25) is 5.76 Å². The van der Waals surface area contributed by atoms with Crippen molar-refractivity contribution < 1.29 is 146 Å². The maximum Gasteiger partial charge on any atom is 1.00 e. The summed E-state index contributed by atoms with van der Waals surface area (Å²) in [4.78, 5) is 42.4. The Bertz CT molecular complexity index is 531. The summed E-state index contributed by atoms with van der Waals surface area (Å²) in [7, 11) is -11.8. The van der Waals surface area contributed by atoms with Gasteiger partial charge in [-0.05, 0) is 0 Å². The summed E-state index contributed by atoms with van der Waals surface area (Å²) in [5.41, 5.74) is 0. The minimum absolute atomic E-state index is 0. The van der Waals surface area contributed by atoms with Crippen molar-refractivity contribution in [1.82, 2.24) is 0 Å². The van der Waals surface area contributed by atoms with Crippen LogP contribution in [0.25, 0.3) is 0 Å². The van der Waals surface area contributed by atoms with Crippen molar-refractivity contribution in [2.75, 3.05) is 6.61 Å². The zero-order valence-corrected chi connectivity index (χ0v) is 20.1. The number of carbonyl (C=O) groups is 1. The number of phosphoric acid groups is 2. The summed E-state index contributed by atoms with van der Waals surface area (Å²) in [6.07, 6.45) is -3.79. The van der Waals surface area contributed by atoms with Crippen LogP contribution >= 0.6 is 15.6 Å². The standard InChI is InChI=1S/C6H10O12P2.3Na/c7-1-2(8)4-5(3(9)6(10)16-4)17-20(14,15)18-19(11,12)13;;;/h2,4,7-9H,1H2,(H,14,15)(H2,11,12,13);;;/q;3*+1/p-3/t2-,4+;;;/m0.../s1. The summed E-state index contributed by atoms with van der Waals surface area (Å²) in [6.45, 7) is -1.01. The third kappa shape index (κ3) is 9.50. The zero-order chi connectivity index (χ0) is 15.7. The Morgan fingerprint density at radius 3 is 2.09 bits per heavy atom. The van der Waals surface area contributed by atoms with Gasteiger partial charge in [0.1, 0.15) is 6.10 Å². The van der Waals surface area contributed by atoms with E-state index in [1.807, 2.05) is 0 Å². The molecule has 23 heavy (non-hydrogen) atoms. The van der Waals surface area contributed by atoms with Crippen LogP contribution < -0.4 is 103 Å². The first-order chi connectivity index (χ1) is 8.97. The van der Waals surface area contributed by atoms with Crippen LogP contribution in [0.4, 0.5) is 0 Å². The van der Waals surface area contributed by atoms with Crippen molar-refractivity contribution in [3.63, 3.8) is 0 Å². The van der Waals surface area contributed by atoms with Gasteiger partial charge in [-0.1, -0.05) is 0 Å². The predicted molar refractivity (Wildman–Crippen MR) is 50.0 cm³/mol. The molecule has 1 aliphatic heterocycles. The topological polar surface area (TPSA) is 209 Å². The van der Waals surface area contributed by atoms with E-state index in [2.05, 4.69) is 13.6 Å². The fraction of sp³-hybridized carbons (Fsp3) is 0.500. The quantitative estimate of drug-likeness (QED) is 0.215. The number of ether oxygens (including phenoxy) is 1. The van der Waals surface area contributed by atoms with Crippen LogP contribution in [-0.2, 0) is 27.5 Å². The van der Waals surface area contributed by atoms with Crippen molar-refractivity contribution in [3.8, 4) is 0 Å². The number of aliphatic hydroxyl groups excluding tert-OH is 3. The number of carbonyl (C=O) groups excluding carboxylic acids is 1. The van der Waals surface area contributed by atoms with Crippen LogP contribution in [0, 0.1) is 0 Å². The third-order valence-corrected chi connectivity index (χ3v) is 3.89. The first-order valence-electron chi connectivity index (χ1n) is 4.64. The van der Waals surface area contributed by atoms with E-state index < -0.39 is 51.9 Å². The molecule has 0 spiro atoms. The summed E-state index contributed by atoms with van der Waals surface area (Å²) >= 11 is 0. The van der Waals surface area contributed by atoms with Gasteiger partial charge in [0.05, 0.1) is 14.4 Å². The Labute approximate surface area is 195 Å². The summed E-state index contributed by atoms with van der Waals surface area (Å²) in [6, 6.07) is 0. The SMILES string of the molecule is O=C1O[C@H]([C@@H](O)CO)C(OP(=O)([O-])OP(=O)([O-])[O-])=C1O.[Na+].[Na+].[Na+]. The molecular weight excluding hydrogens is 395 g/mol. The smallest absolute Gasteiger partial charge is 0.789 e. The normalized spacial score (nSPS) is 21.1. The van der Waals surface area contributed by atoms with E-state index in [-0.39, 0.29) is 88.7 Å². The van der Waals surface area contributed by atoms with Crippen LogP contribution in [0.1, 0.15) is 0 Å². The minimum atomic E-state index is -5.97. The van der Waals surface area contributed by atoms with Gasteiger partial charge in [-0.3, -0.25) is 8.88 Å². The molecule has 1 unspecified atom stereocenters. The molecule has 0 aromatic rings. The van der Waals surface area contributed by atoms with E-state index in [9.17, 15) is 38.8 Å². The Hall–Kier alpha value is 2.03. The van der Waals surface area contributed by atoms with E-state index in [1.54, 1.807) is 0 Å². The van der Waals surface area contributed by atoms with Crippen LogP contribution in [-0.4, -0.2) is 40.1 Å². The van der Waals surface area contributed by atoms with E-state index in [0.29, 0.717) is 0 Å². The van der Waals surface area contributed by atoms with Crippen LogP contribution in [0.3, 0.4) is 0 Å². The zero-order valence-electron chi connectivity index (χ0n) is 12.3. The van der Waals surface area contributed by atoms with E-state index >= 15 is 0 Å². The average molecular weight is 402 g/mol. The fourth-order valence-electron chi connectivity index (χ4n) is 1.16. The number of phosphoric ester groups is 1. The average Bonchev–Trinajstić information content (AvgIpc) is 2.52. The van der Waals surface area contributed by atoms with E-state index in [4.69, 9.17) is 5.11 Å². The largest absolute Gasteiger partial charge is 1.00 e. The number of cyclic esters (lactones) is 1. The number of aliphatic hydroxyl groups is 3. The molecule has 1 rings (SSSR count). The molecule has 0 aromatic heterocycles. The molecule has 12 nitrogen and oxygen atoms in total. The first-order valence-corrected chi connectivity index (χ1v) is 7.56. The predicted octanol–water partition coefficient (Wildman–Crippen LogP) is -12.6. The molecule has 1 heterocycles. The van der Waals surface area contributed by atoms with Gasteiger partial charge in [-0.2, -0.15) is 0 Å². The molecule has 0 aromatic carbocycles. The van der Waals surface area contributed by atoms with Crippen LogP contribution in [0.5, 0.6) is 0 Å². The van der Waals surface area contributed by atoms with Crippen molar-refractivity contribution in [3.05, 3.63) is 11.5 Å². The number of hydrogen-bond donors (Lipinski definition) is 3. The first kappa shape index (κ1) is 29.8. The van der Waals surface area contributed by atoms with Crippen LogP contribution in [0.15, 0.2) is 11.5 Å². The second-order valence-electron chi connectivity index (χ2n) is 3.36. The Kier molecular flexibility index (Phi) is 15.1. The van der Waals surface area contributed by atoms with Gasteiger partial charge in [-0.15, -0.1) is 0 Å². The van der Waals surface area contributed by atoms with Gasteiger partial charge in [0.15, 0.2) is 11.9 Å². The van der Waals surface area contributed by atoms with Gasteiger partial charge in [0, 0.05) is 0 Å². The molecule has 0 aliphatic carbocycles. The maximum atomic E-state index is 11.1. The third-order valence-electron chi connectivity index (χ3n) is 1.87. The summed E-state index contributed by atoms with van der Waals surface area (Å²) in [5, 5.41) is 27.1. The van der Waals surface area contributed by atoms with Crippen molar-refractivity contribution in [2.45, 2.75) is 12.2 Å². The molecule has 3 N–H and O–H groups in total. The van der Waals surface area contributed by atoms with Gasteiger partial charge in [-0.25, -0.2) is 4.79 Å². The molecule has 0 bridgehead atoms. The Balaban J connectivity index is -0.00000133. The summed E-state index contributed by atoms with van der Waals surface area (Å²) in [5.74, 6) is -4.11. The second kappa shape index (κ2) is 11.7. The molecular formula is C6H7Na3O12P2. The van der Waals surface area contributed by atoms with Gasteiger partial charge >= 0.3 is 102 Å². The molecule has 1 aliphatic rings. The van der Waals surface area contributed by atoms with Crippen molar-refractivity contribution in [1.29, 1.82) is 0 Å². The van der Waals surface area contributed by atoms with Crippen molar-refractivity contribution >= 4 is 21.6 Å². The molecule has 0 radical (unpaired) electrons. The van der Waals surface area contributed by atoms with E-state index in [1.165, 1.54) is 0 Å².